The van der Waals surface area contributed by atoms with Crippen molar-refractivity contribution in [2.45, 2.75) is 72.1 Å². The Morgan fingerprint density at radius 2 is 1.65 bits per heavy atom. The van der Waals surface area contributed by atoms with Gasteiger partial charge in [0.05, 0.1) is 0 Å². The Morgan fingerprint density at radius 3 is 2.13 bits per heavy atom. The average molecular weight is 338 g/mol. The van der Waals surface area contributed by atoms with Crippen molar-refractivity contribution in [3.8, 4) is 0 Å². The zero-order chi connectivity index (χ0) is 17.9. The van der Waals surface area contributed by atoms with E-state index in [1.165, 1.54) is 0 Å². The van der Waals surface area contributed by atoms with Crippen LogP contribution in [0.3, 0.4) is 0 Å². The van der Waals surface area contributed by atoms with Crippen molar-refractivity contribution in [3.05, 3.63) is 0 Å². The van der Waals surface area contributed by atoms with Gasteiger partial charge in [-0.3, -0.25) is 9.89 Å². The molecular weight excluding hydrogens is 305 g/mol. The number of alkyl halides is 3. The molecule has 0 aromatic carbocycles. The maximum absolute atomic E-state index is 12.1. The molecule has 0 aromatic heterocycles. The number of nitrogens with zero attached hydrogens (tertiary/aromatic N) is 2. The molecule has 0 aromatic rings. The van der Waals surface area contributed by atoms with E-state index in [4.69, 9.17) is 0 Å². The molecule has 0 rings (SSSR count). The van der Waals surface area contributed by atoms with Crippen molar-refractivity contribution in [1.82, 2.24) is 15.5 Å². The van der Waals surface area contributed by atoms with Crippen LogP contribution in [0.25, 0.3) is 0 Å². The van der Waals surface area contributed by atoms with Crippen LogP contribution in [0.5, 0.6) is 0 Å². The van der Waals surface area contributed by atoms with E-state index in [1.807, 2.05) is 6.92 Å². The normalized spacial score (nSPS) is 13.3. The number of guanidine groups is 1. The summed E-state index contributed by atoms with van der Waals surface area (Å²) in [5.41, 5.74) is 0. The van der Waals surface area contributed by atoms with Gasteiger partial charge in [-0.25, -0.2) is 0 Å². The number of hydrogen-bond acceptors (Lipinski definition) is 2. The lowest BCUT2D eigenvalue weighted by atomic mass is 10.2. The topological polar surface area (TPSA) is 39.7 Å². The summed E-state index contributed by atoms with van der Waals surface area (Å²) in [5, 5.41) is 6.36. The number of hydrogen-bond donors (Lipinski definition) is 2. The standard InChI is InChI=1S/C16H33F3N4/c1-6-20-15(21-10-8-7-9-16(17,18)19)22-11-12-23(13(2)3)14(4)5/h13-14H,6-12H2,1-5H3,(H2,20,21,22). The maximum Gasteiger partial charge on any atom is 0.389 e. The number of aliphatic imine (C=N–C) groups is 1. The Bertz CT molecular complexity index is 320. The summed E-state index contributed by atoms with van der Waals surface area (Å²) in [4.78, 5) is 6.70. The van der Waals surface area contributed by atoms with E-state index in [9.17, 15) is 13.2 Å². The zero-order valence-corrected chi connectivity index (χ0v) is 15.1. The van der Waals surface area contributed by atoms with Crippen LogP contribution < -0.4 is 10.6 Å². The Hall–Kier alpha value is -0.980. The second-order valence-corrected chi connectivity index (χ2v) is 6.19. The van der Waals surface area contributed by atoms with Crippen LogP contribution in [0, 0.1) is 0 Å². The van der Waals surface area contributed by atoms with E-state index in [0.29, 0.717) is 31.0 Å². The predicted octanol–water partition coefficient (Wildman–Crippen LogP) is 3.39. The monoisotopic (exact) mass is 338 g/mol. The molecule has 0 unspecified atom stereocenters. The number of unbranched alkanes of at least 4 members (excludes halogenated alkanes) is 1. The van der Waals surface area contributed by atoms with Gasteiger partial charge in [0.15, 0.2) is 5.96 Å². The molecule has 7 heteroatoms. The molecule has 0 radical (unpaired) electrons. The van der Waals surface area contributed by atoms with Crippen molar-refractivity contribution >= 4 is 5.96 Å². The van der Waals surface area contributed by atoms with Gasteiger partial charge in [0.25, 0.3) is 0 Å². The molecule has 0 aliphatic rings. The van der Waals surface area contributed by atoms with E-state index in [2.05, 4.69) is 48.2 Å². The smallest absolute Gasteiger partial charge is 0.357 e. The van der Waals surface area contributed by atoms with Crippen LogP contribution in [0.2, 0.25) is 0 Å². The first-order valence-electron chi connectivity index (χ1n) is 8.52. The first-order valence-corrected chi connectivity index (χ1v) is 8.52. The van der Waals surface area contributed by atoms with Crippen LogP contribution in [0.1, 0.15) is 53.9 Å². The molecule has 0 bridgehead atoms. The van der Waals surface area contributed by atoms with Crippen molar-refractivity contribution in [2.75, 3.05) is 26.2 Å². The van der Waals surface area contributed by atoms with E-state index in [0.717, 1.165) is 19.6 Å². The van der Waals surface area contributed by atoms with E-state index in [-0.39, 0.29) is 6.42 Å². The second kappa shape index (κ2) is 11.5. The fourth-order valence-electron chi connectivity index (χ4n) is 2.39. The van der Waals surface area contributed by atoms with Crippen LogP contribution in [-0.4, -0.2) is 55.3 Å². The molecule has 0 amide bonds. The molecular formula is C16H33F3N4. The van der Waals surface area contributed by atoms with Gasteiger partial charge in [-0.15, -0.1) is 0 Å². The lowest BCUT2D eigenvalue weighted by Gasteiger charge is -2.30. The van der Waals surface area contributed by atoms with Gasteiger partial charge in [0, 0.05) is 44.7 Å². The largest absolute Gasteiger partial charge is 0.389 e. The third-order valence-corrected chi connectivity index (χ3v) is 3.47. The van der Waals surface area contributed by atoms with Crippen LogP contribution >= 0.6 is 0 Å². The molecule has 0 atom stereocenters. The highest BCUT2D eigenvalue weighted by Crippen LogP contribution is 2.21. The molecule has 0 saturated heterocycles. The molecule has 0 fully saturated rings. The highest BCUT2D eigenvalue weighted by molar-refractivity contribution is 5.79. The number of nitrogens with one attached hydrogen (secondary N) is 2. The van der Waals surface area contributed by atoms with Gasteiger partial charge in [-0.05, 0) is 47.5 Å². The van der Waals surface area contributed by atoms with Crippen molar-refractivity contribution < 1.29 is 13.2 Å². The lowest BCUT2D eigenvalue weighted by molar-refractivity contribution is -0.135. The summed E-state index contributed by atoms with van der Waals surface area (Å²) in [6, 6.07) is 0.942. The van der Waals surface area contributed by atoms with Gasteiger partial charge in [0.2, 0.25) is 0 Å². The SMILES string of the molecule is CCNC(=NCCCCC(F)(F)F)NCCN(C(C)C)C(C)C. The molecule has 0 aliphatic carbocycles. The van der Waals surface area contributed by atoms with Gasteiger partial charge in [-0.1, -0.05) is 0 Å². The Balaban J connectivity index is 4.16. The first-order chi connectivity index (χ1) is 10.7. The van der Waals surface area contributed by atoms with Gasteiger partial charge < -0.3 is 10.6 Å². The lowest BCUT2D eigenvalue weighted by Crippen LogP contribution is -2.45. The molecule has 138 valence electrons. The summed E-state index contributed by atoms with van der Waals surface area (Å²) < 4.78 is 36.2. The van der Waals surface area contributed by atoms with E-state index >= 15 is 0 Å². The minimum absolute atomic E-state index is 0.126. The van der Waals surface area contributed by atoms with Crippen LogP contribution in [0.15, 0.2) is 4.99 Å². The predicted molar refractivity (Wildman–Crippen MR) is 90.9 cm³/mol. The number of halogens is 3. The third-order valence-electron chi connectivity index (χ3n) is 3.47. The number of rotatable bonds is 10. The highest BCUT2D eigenvalue weighted by Gasteiger charge is 2.25. The first kappa shape index (κ1) is 22.0. The molecule has 4 nitrogen and oxygen atoms in total. The Morgan fingerprint density at radius 1 is 1.04 bits per heavy atom. The molecule has 2 N–H and O–H groups in total. The van der Waals surface area contributed by atoms with Gasteiger partial charge >= 0.3 is 6.18 Å². The molecule has 0 saturated carbocycles. The summed E-state index contributed by atoms with van der Waals surface area (Å²) in [6.07, 6.45) is -4.23. The molecule has 0 spiro atoms. The quantitative estimate of drug-likeness (QED) is 0.364. The van der Waals surface area contributed by atoms with Gasteiger partial charge in [-0.2, -0.15) is 13.2 Å². The summed E-state index contributed by atoms with van der Waals surface area (Å²) in [6.45, 7) is 13.4. The van der Waals surface area contributed by atoms with E-state index < -0.39 is 12.6 Å². The Labute approximate surface area is 138 Å². The minimum Gasteiger partial charge on any atom is -0.357 e. The second-order valence-electron chi connectivity index (χ2n) is 6.19. The van der Waals surface area contributed by atoms with Gasteiger partial charge in [0.1, 0.15) is 0 Å². The van der Waals surface area contributed by atoms with Crippen LogP contribution in [0.4, 0.5) is 13.2 Å². The van der Waals surface area contributed by atoms with Crippen molar-refractivity contribution in [3.63, 3.8) is 0 Å². The molecule has 0 aliphatic heterocycles. The minimum atomic E-state index is -4.07. The van der Waals surface area contributed by atoms with Crippen molar-refractivity contribution in [2.24, 2.45) is 4.99 Å². The zero-order valence-electron chi connectivity index (χ0n) is 15.1. The fourth-order valence-corrected chi connectivity index (χ4v) is 2.39. The summed E-state index contributed by atoms with van der Waals surface area (Å²) >= 11 is 0. The van der Waals surface area contributed by atoms with Crippen molar-refractivity contribution in [1.29, 1.82) is 0 Å². The Kier molecular flexibility index (Phi) is 11.0. The highest BCUT2D eigenvalue weighted by atomic mass is 19.4. The summed E-state index contributed by atoms with van der Waals surface area (Å²) in [7, 11) is 0. The molecule has 23 heavy (non-hydrogen) atoms. The molecule has 0 heterocycles. The summed E-state index contributed by atoms with van der Waals surface area (Å²) in [5.74, 6) is 0.673. The van der Waals surface area contributed by atoms with Crippen LogP contribution in [-0.2, 0) is 0 Å². The third kappa shape index (κ3) is 12.1. The fraction of sp³-hybridized carbons (Fsp3) is 0.938. The average Bonchev–Trinajstić information content (AvgIpc) is 2.40. The van der Waals surface area contributed by atoms with E-state index in [1.54, 1.807) is 0 Å². The maximum atomic E-state index is 12.1.